The SMILES string of the molecule is CC1CCC(CO)(C(=O)N[C@@H](COCc2ccccc2)C(=O)OCc2ccccc2)CC1. The summed E-state index contributed by atoms with van der Waals surface area (Å²) < 4.78 is 11.2. The number of hydrogen-bond donors (Lipinski definition) is 2. The molecule has 32 heavy (non-hydrogen) atoms. The van der Waals surface area contributed by atoms with E-state index in [0.29, 0.717) is 25.4 Å². The molecular formula is C26H33NO5. The van der Waals surface area contributed by atoms with Crippen LogP contribution >= 0.6 is 0 Å². The molecule has 1 aliphatic carbocycles. The van der Waals surface area contributed by atoms with Crippen molar-refractivity contribution in [2.24, 2.45) is 11.3 Å². The van der Waals surface area contributed by atoms with Gasteiger partial charge in [-0.1, -0.05) is 67.6 Å². The van der Waals surface area contributed by atoms with Crippen molar-refractivity contribution in [2.45, 2.75) is 51.9 Å². The Morgan fingerprint density at radius 2 is 1.56 bits per heavy atom. The number of amides is 1. The Morgan fingerprint density at radius 3 is 2.12 bits per heavy atom. The van der Waals surface area contributed by atoms with Crippen LogP contribution in [0.25, 0.3) is 0 Å². The van der Waals surface area contributed by atoms with Crippen molar-refractivity contribution in [3.05, 3.63) is 71.8 Å². The molecule has 0 radical (unpaired) electrons. The number of aliphatic hydroxyl groups excluding tert-OH is 1. The van der Waals surface area contributed by atoms with Crippen LogP contribution in [0.1, 0.15) is 43.7 Å². The van der Waals surface area contributed by atoms with Crippen LogP contribution in [0.4, 0.5) is 0 Å². The van der Waals surface area contributed by atoms with Gasteiger partial charge in [-0.05, 0) is 42.7 Å². The Balaban J connectivity index is 1.64. The van der Waals surface area contributed by atoms with E-state index in [4.69, 9.17) is 9.47 Å². The molecule has 1 atom stereocenters. The number of ether oxygens (including phenoxy) is 2. The second-order valence-electron chi connectivity index (χ2n) is 8.74. The zero-order chi connectivity index (χ0) is 22.8. The molecule has 0 heterocycles. The Labute approximate surface area is 189 Å². The fourth-order valence-corrected chi connectivity index (χ4v) is 3.95. The molecule has 0 saturated heterocycles. The highest BCUT2D eigenvalue weighted by Gasteiger charge is 2.42. The molecule has 3 rings (SSSR count). The molecule has 2 aromatic rings. The largest absolute Gasteiger partial charge is 0.459 e. The number of aliphatic hydroxyl groups is 1. The zero-order valence-corrected chi connectivity index (χ0v) is 18.7. The molecule has 1 amide bonds. The number of benzene rings is 2. The zero-order valence-electron chi connectivity index (χ0n) is 18.7. The van der Waals surface area contributed by atoms with Crippen LogP contribution in [0.2, 0.25) is 0 Å². The minimum absolute atomic E-state index is 0.00777. The summed E-state index contributed by atoms with van der Waals surface area (Å²) in [4.78, 5) is 26.0. The van der Waals surface area contributed by atoms with Gasteiger partial charge in [-0.2, -0.15) is 0 Å². The number of nitrogens with one attached hydrogen (secondary N) is 1. The third kappa shape index (κ3) is 6.65. The maximum atomic E-state index is 13.1. The molecule has 1 saturated carbocycles. The summed E-state index contributed by atoms with van der Waals surface area (Å²) >= 11 is 0. The summed E-state index contributed by atoms with van der Waals surface area (Å²) in [6.07, 6.45) is 2.96. The van der Waals surface area contributed by atoms with E-state index in [9.17, 15) is 14.7 Å². The van der Waals surface area contributed by atoms with Crippen molar-refractivity contribution >= 4 is 11.9 Å². The van der Waals surface area contributed by atoms with E-state index in [1.165, 1.54) is 0 Å². The minimum atomic E-state index is -0.947. The monoisotopic (exact) mass is 439 g/mol. The fraction of sp³-hybridized carbons (Fsp3) is 0.462. The van der Waals surface area contributed by atoms with Gasteiger partial charge in [-0.3, -0.25) is 4.79 Å². The molecule has 1 fully saturated rings. The third-order valence-electron chi connectivity index (χ3n) is 6.23. The van der Waals surface area contributed by atoms with Crippen LogP contribution in [-0.4, -0.2) is 36.2 Å². The molecule has 1 aliphatic rings. The van der Waals surface area contributed by atoms with Gasteiger partial charge in [0.1, 0.15) is 6.61 Å². The first-order valence-electron chi connectivity index (χ1n) is 11.3. The number of carbonyl (C=O) groups is 2. The van der Waals surface area contributed by atoms with Crippen molar-refractivity contribution in [3.8, 4) is 0 Å². The topological polar surface area (TPSA) is 84.9 Å². The standard InChI is InChI=1S/C26H33NO5/c1-20-12-14-26(19-28,15-13-20)25(30)27-23(18-31-16-21-8-4-2-5-9-21)24(29)32-17-22-10-6-3-7-11-22/h2-11,20,23,28H,12-19H2,1H3,(H,27,30)/t20?,23-,26?/m0/s1. The first-order chi connectivity index (χ1) is 15.5. The number of carbonyl (C=O) groups excluding carboxylic acids is 2. The van der Waals surface area contributed by atoms with Gasteiger partial charge >= 0.3 is 5.97 Å². The first-order valence-corrected chi connectivity index (χ1v) is 11.3. The average Bonchev–Trinajstić information content (AvgIpc) is 2.84. The fourth-order valence-electron chi connectivity index (χ4n) is 3.95. The highest BCUT2D eigenvalue weighted by Crippen LogP contribution is 2.38. The molecule has 2 aromatic carbocycles. The maximum absolute atomic E-state index is 13.1. The van der Waals surface area contributed by atoms with Gasteiger partial charge in [0, 0.05) is 0 Å². The van der Waals surface area contributed by atoms with E-state index in [0.717, 1.165) is 24.0 Å². The number of esters is 1. The van der Waals surface area contributed by atoms with Gasteiger partial charge in [0.2, 0.25) is 5.91 Å². The van der Waals surface area contributed by atoms with Crippen molar-refractivity contribution in [3.63, 3.8) is 0 Å². The highest BCUT2D eigenvalue weighted by molar-refractivity contribution is 5.88. The van der Waals surface area contributed by atoms with E-state index >= 15 is 0 Å². The molecule has 6 heteroatoms. The molecule has 0 aromatic heterocycles. The molecule has 6 nitrogen and oxygen atoms in total. The summed E-state index contributed by atoms with van der Waals surface area (Å²) in [5.41, 5.74) is 0.983. The van der Waals surface area contributed by atoms with E-state index < -0.39 is 17.4 Å². The Morgan fingerprint density at radius 1 is 1.00 bits per heavy atom. The van der Waals surface area contributed by atoms with Gasteiger partial charge < -0.3 is 19.9 Å². The minimum Gasteiger partial charge on any atom is -0.459 e. The summed E-state index contributed by atoms with van der Waals surface area (Å²) in [6.45, 7) is 2.35. The molecule has 2 N–H and O–H groups in total. The van der Waals surface area contributed by atoms with E-state index in [2.05, 4.69) is 12.2 Å². The Kier molecular flexibility index (Phi) is 8.82. The smallest absolute Gasteiger partial charge is 0.331 e. The molecule has 0 unspecified atom stereocenters. The van der Waals surface area contributed by atoms with E-state index in [1.54, 1.807) is 0 Å². The van der Waals surface area contributed by atoms with Gasteiger partial charge in [0.15, 0.2) is 6.04 Å². The summed E-state index contributed by atoms with van der Waals surface area (Å²) in [6, 6.07) is 18.1. The molecular weight excluding hydrogens is 406 g/mol. The van der Waals surface area contributed by atoms with Crippen molar-refractivity contribution in [2.75, 3.05) is 13.2 Å². The van der Waals surface area contributed by atoms with Crippen LogP contribution in [-0.2, 0) is 32.3 Å². The van der Waals surface area contributed by atoms with Crippen molar-refractivity contribution in [1.82, 2.24) is 5.32 Å². The summed E-state index contributed by atoms with van der Waals surface area (Å²) in [7, 11) is 0. The van der Waals surface area contributed by atoms with Crippen molar-refractivity contribution < 1.29 is 24.2 Å². The second-order valence-corrected chi connectivity index (χ2v) is 8.74. The average molecular weight is 440 g/mol. The molecule has 0 aliphatic heterocycles. The van der Waals surface area contributed by atoms with Crippen LogP contribution in [0.3, 0.4) is 0 Å². The van der Waals surface area contributed by atoms with Crippen LogP contribution < -0.4 is 5.32 Å². The lowest BCUT2D eigenvalue weighted by molar-refractivity contribution is -0.153. The van der Waals surface area contributed by atoms with E-state index in [-0.39, 0.29) is 25.7 Å². The lowest BCUT2D eigenvalue weighted by atomic mass is 9.70. The second kappa shape index (κ2) is 11.8. The van der Waals surface area contributed by atoms with Gasteiger partial charge in [0.05, 0.1) is 25.2 Å². The Bertz CT molecular complexity index is 847. The lowest BCUT2D eigenvalue weighted by Gasteiger charge is -2.37. The molecule has 0 spiro atoms. The highest BCUT2D eigenvalue weighted by atomic mass is 16.5. The number of hydrogen-bond acceptors (Lipinski definition) is 5. The van der Waals surface area contributed by atoms with Gasteiger partial charge in [0.25, 0.3) is 0 Å². The van der Waals surface area contributed by atoms with Crippen LogP contribution in [0.15, 0.2) is 60.7 Å². The molecule has 0 bridgehead atoms. The Hall–Kier alpha value is -2.70. The predicted molar refractivity (Wildman–Crippen MR) is 121 cm³/mol. The van der Waals surface area contributed by atoms with Gasteiger partial charge in [-0.25, -0.2) is 4.79 Å². The third-order valence-corrected chi connectivity index (χ3v) is 6.23. The lowest BCUT2D eigenvalue weighted by Crippen LogP contribution is -2.53. The van der Waals surface area contributed by atoms with Crippen LogP contribution in [0, 0.1) is 11.3 Å². The number of rotatable bonds is 10. The van der Waals surface area contributed by atoms with Gasteiger partial charge in [-0.15, -0.1) is 0 Å². The van der Waals surface area contributed by atoms with E-state index in [1.807, 2.05) is 60.7 Å². The quantitative estimate of drug-likeness (QED) is 0.553. The maximum Gasteiger partial charge on any atom is 0.331 e. The van der Waals surface area contributed by atoms with Crippen molar-refractivity contribution in [1.29, 1.82) is 0 Å². The van der Waals surface area contributed by atoms with Crippen LogP contribution in [0.5, 0.6) is 0 Å². The summed E-state index contributed by atoms with van der Waals surface area (Å²) in [5.74, 6) is -0.326. The molecule has 172 valence electrons. The first kappa shape index (κ1) is 24.0. The normalized spacial score (nSPS) is 21.5. The predicted octanol–water partition coefficient (Wildman–Crippen LogP) is 3.62. The summed E-state index contributed by atoms with van der Waals surface area (Å²) in [5, 5.41) is 12.8.